The third kappa shape index (κ3) is 30.0. The molecule has 0 rings (SSSR count). The maximum absolute atomic E-state index is 9.26. The second-order valence-electron chi connectivity index (χ2n) is 6.53. The van der Waals surface area contributed by atoms with Crippen LogP contribution in [0.15, 0.2) is 0 Å². The summed E-state index contributed by atoms with van der Waals surface area (Å²) in [6.07, 6.45) is 21.8. The molecule has 0 saturated carbocycles. The van der Waals surface area contributed by atoms with Crippen molar-refractivity contribution in [3.63, 3.8) is 0 Å². The Morgan fingerprint density at radius 1 is 0.652 bits per heavy atom. The van der Waals surface area contributed by atoms with Crippen LogP contribution in [0.5, 0.6) is 0 Å². The normalized spacial score (nSPS) is 10.2. The summed E-state index contributed by atoms with van der Waals surface area (Å²) in [5.74, 6) is -0.995. The number of aliphatic carboxylic acids is 1. The predicted molar refractivity (Wildman–Crippen MR) is 98.0 cm³/mol. The van der Waals surface area contributed by atoms with Crippen molar-refractivity contribution in [3.05, 3.63) is 0 Å². The molecule has 3 nitrogen and oxygen atoms in total. The van der Waals surface area contributed by atoms with Crippen LogP contribution in [0.3, 0.4) is 0 Å². The van der Waals surface area contributed by atoms with Crippen LogP contribution in [0, 0.1) is 0 Å². The Bertz CT molecular complexity index is 204. The van der Waals surface area contributed by atoms with Gasteiger partial charge in [0.1, 0.15) is 0 Å². The number of carbonyl (C=O) groups is 1. The Hall–Kier alpha value is -0.570. The van der Waals surface area contributed by atoms with E-state index in [1.165, 1.54) is 103 Å². The summed E-state index contributed by atoms with van der Waals surface area (Å²) in [4.78, 5) is 9.26. The van der Waals surface area contributed by atoms with Gasteiger partial charge < -0.3 is 15.6 Å². The van der Waals surface area contributed by atoms with Gasteiger partial charge in [-0.05, 0) is 19.3 Å². The quantitative estimate of drug-likeness (QED) is 0.430. The standard InChI is InChI=1S/C17H37N.C3H6O2/c1-2-3-4-5-6-7-8-9-10-11-12-13-14-15-16-17-18;1-2-3(4)5/h2-18H2,1H3;2H2,1H3,(H,4,5). The van der Waals surface area contributed by atoms with Crippen molar-refractivity contribution >= 4 is 5.97 Å². The summed E-state index contributed by atoms with van der Waals surface area (Å²) in [5.41, 5.74) is 3.88. The van der Waals surface area contributed by atoms with Gasteiger partial charge >= 0.3 is 0 Å². The van der Waals surface area contributed by atoms with Crippen molar-refractivity contribution in [1.29, 1.82) is 0 Å². The maximum atomic E-state index is 9.26. The highest BCUT2D eigenvalue weighted by Gasteiger charge is 1.93. The molecule has 23 heavy (non-hydrogen) atoms. The SMILES string of the molecule is CCC(=O)[O-].CCCCCCCCCCCCCCCCC[NH3+]. The zero-order chi connectivity index (χ0) is 17.6. The number of unbranched alkanes of at least 4 members (excludes halogenated alkanes) is 14. The topological polar surface area (TPSA) is 67.8 Å². The van der Waals surface area contributed by atoms with E-state index in [0.29, 0.717) is 0 Å². The molecule has 0 radical (unpaired) electrons. The van der Waals surface area contributed by atoms with Gasteiger partial charge in [-0.1, -0.05) is 97.3 Å². The minimum atomic E-state index is -0.995. The summed E-state index contributed by atoms with van der Waals surface area (Å²) in [6.45, 7) is 4.95. The number of rotatable bonds is 16. The van der Waals surface area contributed by atoms with Crippen molar-refractivity contribution in [2.75, 3.05) is 6.54 Å². The molecule has 0 aliphatic rings. The molecule has 0 fully saturated rings. The Morgan fingerprint density at radius 2 is 0.913 bits per heavy atom. The van der Waals surface area contributed by atoms with Crippen molar-refractivity contribution < 1.29 is 15.6 Å². The van der Waals surface area contributed by atoms with Gasteiger partial charge in [0.15, 0.2) is 0 Å². The zero-order valence-electron chi connectivity index (χ0n) is 16.0. The summed E-state index contributed by atoms with van der Waals surface area (Å²) in [5, 5.41) is 9.26. The smallest absolute Gasteiger partial charge is 0.0739 e. The van der Waals surface area contributed by atoms with Crippen molar-refractivity contribution in [3.8, 4) is 0 Å². The molecule has 3 heteroatoms. The third-order valence-electron chi connectivity index (χ3n) is 4.14. The molecule has 0 heterocycles. The lowest BCUT2D eigenvalue weighted by atomic mass is 10.0. The predicted octanol–water partition coefficient (Wildman–Crippen LogP) is 4.25. The first-order valence-corrected chi connectivity index (χ1v) is 10.2. The molecular formula is C20H43NO2. The van der Waals surface area contributed by atoms with Gasteiger partial charge in [0.25, 0.3) is 0 Å². The summed E-state index contributed by atoms with van der Waals surface area (Å²) < 4.78 is 0. The van der Waals surface area contributed by atoms with Crippen LogP contribution in [0.2, 0.25) is 0 Å². The molecule has 0 atom stereocenters. The fourth-order valence-electron chi connectivity index (χ4n) is 2.55. The highest BCUT2D eigenvalue weighted by molar-refractivity contribution is 5.63. The van der Waals surface area contributed by atoms with Gasteiger partial charge in [-0.3, -0.25) is 0 Å². The molecule has 0 amide bonds. The van der Waals surface area contributed by atoms with Crippen molar-refractivity contribution in [1.82, 2.24) is 0 Å². The van der Waals surface area contributed by atoms with Gasteiger partial charge in [-0.25, -0.2) is 0 Å². The van der Waals surface area contributed by atoms with E-state index in [4.69, 9.17) is 0 Å². The number of carboxylic acid groups (broad SMARTS) is 1. The van der Waals surface area contributed by atoms with E-state index in [1.54, 1.807) is 0 Å². The molecule has 3 N–H and O–H groups in total. The van der Waals surface area contributed by atoms with Crippen LogP contribution in [0.1, 0.15) is 117 Å². The Balaban J connectivity index is 0. The van der Waals surface area contributed by atoms with Crippen LogP contribution in [-0.2, 0) is 4.79 Å². The zero-order valence-corrected chi connectivity index (χ0v) is 16.0. The highest BCUT2D eigenvalue weighted by Crippen LogP contribution is 2.13. The van der Waals surface area contributed by atoms with E-state index in [1.807, 2.05) is 0 Å². The maximum Gasteiger partial charge on any atom is 0.0739 e. The molecule has 0 aliphatic heterocycles. The Kier molecular flexibility index (Phi) is 25.4. The fraction of sp³-hybridized carbons (Fsp3) is 0.950. The fourth-order valence-corrected chi connectivity index (χ4v) is 2.55. The van der Waals surface area contributed by atoms with Crippen LogP contribution >= 0.6 is 0 Å². The molecule has 0 aromatic heterocycles. The molecule has 0 aromatic rings. The lowest BCUT2D eigenvalue weighted by Crippen LogP contribution is -2.50. The molecule has 0 aromatic carbocycles. The minimum Gasteiger partial charge on any atom is -0.550 e. The van der Waals surface area contributed by atoms with E-state index in [9.17, 15) is 9.90 Å². The highest BCUT2D eigenvalue weighted by atomic mass is 16.4. The minimum absolute atomic E-state index is 0.111. The van der Waals surface area contributed by atoms with Gasteiger partial charge in [0.2, 0.25) is 0 Å². The van der Waals surface area contributed by atoms with Crippen LogP contribution in [0.25, 0.3) is 0 Å². The summed E-state index contributed by atoms with van der Waals surface area (Å²) in [7, 11) is 0. The van der Waals surface area contributed by atoms with Crippen molar-refractivity contribution in [2.45, 2.75) is 117 Å². The molecular weight excluding hydrogens is 286 g/mol. The average Bonchev–Trinajstić information content (AvgIpc) is 2.55. The van der Waals surface area contributed by atoms with E-state index in [0.717, 1.165) is 6.54 Å². The molecule has 0 aliphatic carbocycles. The molecule has 0 unspecified atom stereocenters. The van der Waals surface area contributed by atoms with Gasteiger partial charge in [0, 0.05) is 5.97 Å². The van der Waals surface area contributed by atoms with Crippen LogP contribution in [-0.4, -0.2) is 12.5 Å². The van der Waals surface area contributed by atoms with E-state index in [-0.39, 0.29) is 6.42 Å². The Morgan fingerprint density at radius 3 is 1.13 bits per heavy atom. The first-order chi connectivity index (χ1) is 11.2. The van der Waals surface area contributed by atoms with Crippen LogP contribution in [0.4, 0.5) is 0 Å². The average molecular weight is 330 g/mol. The van der Waals surface area contributed by atoms with E-state index in [2.05, 4.69) is 12.7 Å². The van der Waals surface area contributed by atoms with E-state index >= 15 is 0 Å². The lowest BCUT2D eigenvalue weighted by Gasteiger charge is -2.02. The summed E-state index contributed by atoms with van der Waals surface area (Å²) in [6, 6.07) is 0. The molecule has 140 valence electrons. The first-order valence-electron chi connectivity index (χ1n) is 10.2. The number of quaternary nitrogens is 1. The molecule has 0 spiro atoms. The molecule has 0 bridgehead atoms. The second kappa shape index (κ2) is 23.7. The molecule has 0 saturated heterocycles. The number of hydrogen-bond acceptors (Lipinski definition) is 2. The van der Waals surface area contributed by atoms with E-state index < -0.39 is 5.97 Å². The Labute approximate surface area is 145 Å². The first kappa shape index (κ1) is 24.7. The van der Waals surface area contributed by atoms with Gasteiger partial charge in [0.05, 0.1) is 6.54 Å². The van der Waals surface area contributed by atoms with Crippen molar-refractivity contribution in [2.24, 2.45) is 0 Å². The van der Waals surface area contributed by atoms with Gasteiger partial charge in [-0.15, -0.1) is 0 Å². The largest absolute Gasteiger partial charge is 0.550 e. The monoisotopic (exact) mass is 329 g/mol. The number of carbonyl (C=O) groups excluding carboxylic acids is 1. The van der Waals surface area contributed by atoms with Gasteiger partial charge in [-0.2, -0.15) is 0 Å². The number of carboxylic acids is 1. The second-order valence-corrected chi connectivity index (χ2v) is 6.53. The number of hydrogen-bond donors (Lipinski definition) is 1. The van der Waals surface area contributed by atoms with Crippen LogP contribution < -0.4 is 10.8 Å². The lowest BCUT2D eigenvalue weighted by molar-refractivity contribution is -0.368. The summed E-state index contributed by atoms with van der Waals surface area (Å²) >= 11 is 0. The third-order valence-corrected chi connectivity index (χ3v) is 4.14.